The van der Waals surface area contributed by atoms with Crippen molar-refractivity contribution in [1.82, 2.24) is 5.32 Å². The maximum Gasteiger partial charge on any atom is 0.253 e. The van der Waals surface area contributed by atoms with E-state index in [1.54, 1.807) is 0 Å². The van der Waals surface area contributed by atoms with Crippen LogP contribution < -0.4 is 10.6 Å². The van der Waals surface area contributed by atoms with E-state index >= 15 is 0 Å². The van der Waals surface area contributed by atoms with Crippen molar-refractivity contribution >= 4 is 17.5 Å². The first-order valence-electron chi connectivity index (χ1n) is 7.99. The van der Waals surface area contributed by atoms with Crippen LogP contribution in [0.4, 0.5) is 10.1 Å². The van der Waals surface area contributed by atoms with E-state index in [4.69, 9.17) is 0 Å². The summed E-state index contributed by atoms with van der Waals surface area (Å²) < 4.78 is 13.5. The van der Waals surface area contributed by atoms with Crippen LogP contribution in [0.15, 0.2) is 18.2 Å². The van der Waals surface area contributed by atoms with Gasteiger partial charge in [0.15, 0.2) is 0 Å². The van der Waals surface area contributed by atoms with Crippen molar-refractivity contribution in [2.75, 3.05) is 11.9 Å². The summed E-state index contributed by atoms with van der Waals surface area (Å²) in [6.45, 7) is 4.13. The molecule has 0 aliphatic heterocycles. The molecule has 5 nitrogen and oxygen atoms in total. The minimum absolute atomic E-state index is 0.0318. The predicted octanol–water partition coefficient (Wildman–Crippen LogP) is 2.31. The normalized spacial score (nSPS) is 20.7. The van der Waals surface area contributed by atoms with Crippen LogP contribution in [-0.2, 0) is 4.79 Å². The number of rotatable bonds is 7. The number of amides is 2. The van der Waals surface area contributed by atoms with Gasteiger partial charge in [0.1, 0.15) is 5.82 Å². The maximum atomic E-state index is 13.5. The number of anilines is 1. The zero-order valence-corrected chi connectivity index (χ0v) is 13.4. The van der Waals surface area contributed by atoms with Gasteiger partial charge in [0.05, 0.1) is 17.4 Å². The van der Waals surface area contributed by atoms with Gasteiger partial charge < -0.3 is 15.7 Å². The van der Waals surface area contributed by atoms with Crippen LogP contribution >= 0.6 is 0 Å². The fourth-order valence-electron chi connectivity index (χ4n) is 2.38. The molecule has 3 unspecified atom stereocenters. The molecule has 0 spiro atoms. The fraction of sp³-hybridized carbons (Fsp3) is 0.529. The van der Waals surface area contributed by atoms with Gasteiger partial charge in [0.25, 0.3) is 5.91 Å². The summed E-state index contributed by atoms with van der Waals surface area (Å²) in [4.78, 5) is 24.2. The molecule has 0 heterocycles. The van der Waals surface area contributed by atoms with Crippen LogP contribution in [0.2, 0.25) is 0 Å². The summed E-state index contributed by atoms with van der Waals surface area (Å²) in [6, 6.07) is 3.72. The predicted molar refractivity (Wildman–Crippen MR) is 85.5 cm³/mol. The molecule has 1 aliphatic carbocycles. The second-order valence-electron chi connectivity index (χ2n) is 6.11. The number of carbonyl (C=O) groups is 2. The minimum Gasteiger partial charge on any atom is -0.393 e. The molecular formula is C17H23FN2O3. The number of nitrogens with one attached hydrogen (secondary N) is 2. The van der Waals surface area contributed by atoms with Crippen molar-refractivity contribution in [2.45, 2.75) is 39.2 Å². The summed E-state index contributed by atoms with van der Waals surface area (Å²) in [5.74, 6) is -0.827. The first kappa shape index (κ1) is 17.4. The molecule has 2 rings (SSSR count). The highest BCUT2D eigenvalue weighted by Crippen LogP contribution is 2.38. The molecule has 2 amide bonds. The number of halogens is 1. The lowest BCUT2D eigenvalue weighted by molar-refractivity contribution is -0.117. The number of hydrogen-bond donors (Lipinski definition) is 3. The van der Waals surface area contributed by atoms with Crippen LogP contribution in [0, 0.1) is 17.7 Å². The number of aliphatic hydroxyl groups excluding tert-OH is 1. The summed E-state index contributed by atoms with van der Waals surface area (Å²) in [7, 11) is 0. The molecule has 23 heavy (non-hydrogen) atoms. The highest BCUT2D eigenvalue weighted by Gasteiger charge is 2.39. The van der Waals surface area contributed by atoms with Crippen molar-refractivity contribution < 1.29 is 19.1 Å². The topological polar surface area (TPSA) is 78.4 Å². The van der Waals surface area contributed by atoms with Gasteiger partial charge in [-0.15, -0.1) is 0 Å². The standard InChI is InChI=1S/C17H23FN2O3/c1-3-12(21)6-7-19-16(22)14-9-11(18)4-5-15(14)20-17(23)13-8-10(13)2/h4-5,9-10,12-13,21H,3,6-8H2,1-2H3,(H,19,22)(H,20,23). The van der Waals surface area contributed by atoms with E-state index in [9.17, 15) is 19.1 Å². The Morgan fingerprint density at radius 2 is 2.13 bits per heavy atom. The Balaban J connectivity index is 2.02. The lowest BCUT2D eigenvalue weighted by Gasteiger charge is -2.13. The van der Waals surface area contributed by atoms with Crippen LogP contribution in [0.1, 0.15) is 43.5 Å². The van der Waals surface area contributed by atoms with Crippen LogP contribution in [-0.4, -0.2) is 29.6 Å². The molecule has 1 saturated carbocycles. The van der Waals surface area contributed by atoms with Gasteiger partial charge in [-0.05, 0) is 43.4 Å². The quantitative estimate of drug-likeness (QED) is 0.721. The Bertz CT molecular complexity index is 591. The van der Waals surface area contributed by atoms with E-state index in [1.807, 2.05) is 13.8 Å². The lowest BCUT2D eigenvalue weighted by Crippen LogP contribution is -2.28. The largest absolute Gasteiger partial charge is 0.393 e. The minimum atomic E-state index is -0.540. The molecule has 0 radical (unpaired) electrons. The zero-order valence-electron chi connectivity index (χ0n) is 13.4. The molecule has 0 aromatic heterocycles. The van der Waals surface area contributed by atoms with E-state index in [-0.39, 0.29) is 23.9 Å². The van der Waals surface area contributed by atoms with Gasteiger partial charge >= 0.3 is 0 Å². The number of benzene rings is 1. The lowest BCUT2D eigenvalue weighted by atomic mass is 10.1. The number of hydrogen-bond acceptors (Lipinski definition) is 3. The third kappa shape index (κ3) is 4.76. The molecule has 1 aromatic carbocycles. The van der Waals surface area contributed by atoms with E-state index in [1.165, 1.54) is 12.1 Å². The van der Waals surface area contributed by atoms with Crippen molar-refractivity contribution in [2.24, 2.45) is 11.8 Å². The number of aliphatic hydroxyl groups is 1. The van der Waals surface area contributed by atoms with Crippen LogP contribution in [0.3, 0.4) is 0 Å². The van der Waals surface area contributed by atoms with Crippen molar-refractivity contribution in [1.29, 1.82) is 0 Å². The van der Waals surface area contributed by atoms with Gasteiger partial charge in [-0.3, -0.25) is 9.59 Å². The number of carbonyl (C=O) groups excluding carboxylic acids is 2. The van der Waals surface area contributed by atoms with Gasteiger partial charge in [0, 0.05) is 12.5 Å². The molecule has 1 aliphatic rings. The highest BCUT2D eigenvalue weighted by atomic mass is 19.1. The Hall–Kier alpha value is -1.95. The summed E-state index contributed by atoms with van der Waals surface area (Å²) in [5, 5.41) is 14.8. The molecule has 126 valence electrons. The first-order valence-corrected chi connectivity index (χ1v) is 7.99. The van der Waals surface area contributed by atoms with Crippen LogP contribution in [0.25, 0.3) is 0 Å². The molecular weight excluding hydrogens is 299 g/mol. The molecule has 3 N–H and O–H groups in total. The third-order valence-corrected chi connectivity index (χ3v) is 4.16. The Kier molecular flexibility index (Phi) is 5.71. The smallest absolute Gasteiger partial charge is 0.253 e. The molecule has 0 saturated heterocycles. The molecule has 0 bridgehead atoms. The summed E-state index contributed by atoms with van der Waals surface area (Å²) in [5.41, 5.74) is 0.404. The molecule has 1 aromatic rings. The molecule has 6 heteroatoms. The van der Waals surface area contributed by atoms with Gasteiger partial charge in [-0.1, -0.05) is 13.8 Å². The maximum absolute atomic E-state index is 13.5. The highest BCUT2D eigenvalue weighted by molar-refractivity contribution is 6.04. The van der Waals surface area contributed by atoms with Crippen molar-refractivity contribution in [3.05, 3.63) is 29.6 Å². The first-order chi connectivity index (χ1) is 10.9. The Labute approximate surface area is 135 Å². The van der Waals surface area contributed by atoms with E-state index in [0.717, 1.165) is 12.5 Å². The summed E-state index contributed by atoms with van der Waals surface area (Å²) in [6.07, 6.45) is 1.40. The van der Waals surface area contributed by atoms with E-state index in [2.05, 4.69) is 10.6 Å². The third-order valence-electron chi connectivity index (χ3n) is 4.16. The van der Waals surface area contributed by atoms with Crippen molar-refractivity contribution in [3.63, 3.8) is 0 Å². The van der Waals surface area contributed by atoms with Crippen molar-refractivity contribution in [3.8, 4) is 0 Å². The fourth-order valence-corrected chi connectivity index (χ4v) is 2.38. The van der Waals surface area contributed by atoms with Gasteiger partial charge in [-0.25, -0.2) is 4.39 Å². The SMILES string of the molecule is CCC(O)CCNC(=O)c1cc(F)ccc1NC(=O)C1CC1C. The van der Waals surface area contributed by atoms with E-state index < -0.39 is 17.8 Å². The van der Waals surface area contributed by atoms with Gasteiger partial charge in [-0.2, -0.15) is 0 Å². The van der Waals surface area contributed by atoms with Crippen LogP contribution in [0.5, 0.6) is 0 Å². The average Bonchev–Trinajstić information content (AvgIpc) is 3.25. The Morgan fingerprint density at radius 3 is 2.74 bits per heavy atom. The molecule has 1 fully saturated rings. The Morgan fingerprint density at radius 1 is 1.43 bits per heavy atom. The summed E-state index contributed by atoms with van der Waals surface area (Å²) >= 11 is 0. The van der Waals surface area contributed by atoms with Gasteiger partial charge in [0.2, 0.25) is 5.91 Å². The second-order valence-corrected chi connectivity index (χ2v) is 6.11. The average molecular weight is 322 g/mol. The van der Waals surface area contributed by atoms with E-state index in [0.29, 0.717) is 24.4 Å². The monoisotopic (exact) mass is 322 g/mol. The molecule has 3 atom stereocenters. The second kappa shape index (κ2) is 7.55. The zero-order chi connectivity index (χ0) is 17.0.